The van der Waals surface area contributed by atoms with Crippen LogP contribution in [0.5, 0.6) is 5.75 Å². The molecule has 1 N–H and O–H groups in total. The monoisotopic (exact) mass is 431 g/mol. The number of carbonyl (C=O) groups excluding carboxylic acids is 1. The molecule has 0 radical (unpaired) electrons. The van der Waals surface area contributed by atoms with E-state index in [-0.39, 0.29) is 12.5 Å². The van der Waals surface area contributed by atoms with Crippen molar-refractivity contribution in [2.24, 2.45) is 5.10 Å². The van der Waals surface area contributed by atoms with Crippen molar-refractivity contribution in [3.63, 3.8) is 0 Å². The van der Waals surface area contributed by atoms with Crippen LogP contribution in [-0.4, -0.2) is 31.8 Å². The molecule has 2 aromatic rings. The Bertz CT molecular complexity index is 771. The Morgan fingerprint density at radius 1 is 1.15 bits per heavy atom. The Morgan fingerprint density at radius 3 is 2.44 bits per heavy atom. The topological polar surface area (TPSA) is 53.9 Å². The van der Waals surface area contributed by atoms with E-state index in [9.17, 15) is 4.79 Å². The second kappa shape index (κ2) is 10.7. The van der Waals surface area contributed by atoms with Gasteiger partial charge < -0.3 is 9.64 Å². The van der Waals surface area contributed by atoms with Gasteiger partial charge in [-0.1, -0.05) is 25.1 Å². The molecule has 2 aromatic carbocycles. The molecule has 0 aliphatic carbocycles. The van der Waals surface area contributed by atoms with Gasteiger partial charge in [-0.2, -0.15) is 5.10 Å². The van der Waals surface area contributed by atoms with E-state index < -0.39 is 0 Å². The molecule has 0 saturated heterocycles. The lowest BCUT2D eigenvalue weighted by molar-refractivity contribution is -0.123. The number of anilines is 1. The summed E-state index contributed by atoms with van der Waals surface area (Å²) in [6, 6.07) is 13.9. The minimum atomic E-state index is -0.308. The van der Waals surface area contributed by atoms with Crippen LogP contribution in [0.3, 0.4) is 0 Å². The minimum Gasteiger partial charge on any atom is -0.483 e. The first-order chi connectivity index (χ1) is 13.1. The summed E-state index contributed by atoms with van der Waals surface area (Å²) in [5, 5.41) is 3.99. The van der Waals surface area contributed by atoms with Crippen LogP contribution in [-0.2, 0) is 11.2 Å². The first-order valence-corrected chi connectivity index (χ1v) is 9.94. The van der Waals surface area contributed by atoms with Crippen LogP contribution < -0.4 is 15.1 Å². The van der Waals surface area contributed by atoms with Crippen molar-refractivity contribution in [2.45, 2.75) is 27.2 Å². The van der Waals surface area contributed by atoms with E-state index in [1.807, 2.05) is 30.3 Å². The number of hydrogen-bond acceptors (Lipinski definition) is 4. The zero-order valence-corrected chi connectivity index (χ0v) is 17.6. The summed E-state index contributed by atoms with van der Waals surface area (Å²) in [5.41, 5.74) is 5.78. The molecule has 0 aliphatic rings. The second-order valence-electron chi connectivity index (χ2n) is 5.96. The lowest BCUT2D eigenvalue weighted by Crippen LogP contribution is -2.24. The molecule has 2 rings (SSSR count). The molecule has 0 fully saturated rings. The SMILES string of the molecule is CCc1ccc(OCC(=O)NN=Cc2ccc(N(CC)CC)cc2)c(Br)c1. The Labute approximate surface area is 169 Å². The fraction of sp³-hybridized carbons (Fsp3) is 0.333. The van der Waals surface area contributed by atoms with Gasteiger partial charge in [0, 0.05) is 18.8 Å². The largest absolute Gasteiger partial charge is 0.483 e. The summed E-state index contributed by atoms with van der Waals surface area (Å²) in [6.07, 6.45) is 2.57. The molecule has 5 nitrogen and oxygen atoms in total. The van der Waals surface area contributed by atoms with E-state index in [2.05, 4.69) is 64.3 Å². The van der Waals surface area contributed by atoms with Crippen LogP contribution in [0, 0.1) is 0 Å². The molecular weight excluding hydrogens is 406 g/mol. The molecule has 0 bridgehead atoms. The molecule has 27 heavy (non-hydrogen) atoms. The maximum absolute atomic E-state index is 11.9. The third-order valence-corrected chi connectivity index (χ3v) is 4.81. The smallest absolute Gasteiger partial charge is 0.277 e. The number of benzene rings is 2. The number of aryl methyl sites for hydroxylation is 1. The highest BCUT2D eigenvalue weighted by Gasteiger charge is 2.06. The minimum absolute atomic E-state index is 0.0949. The normalized spacial score (nSPS) is 10.8. The third-order valence-electron chi connectivity index (χ3n) is 4.19. The van der Waals surface area contributed by atoms with Gasteiger partial charge in [0.05, 0.1) is 10.7 Å². The van der Waals surface area contributed by atoms with Crippen LogP contribution in [0.2, 0.25) is 0 Å². The number of amides is 1. The summed E-state index contributed by atoms with van der Waals surface area (Å²) < 4.78 is 6.37. The van der Waals surface area contributed by atoms with Crippen LogP contribution in [0.4, 0.5) is 5.69 Å². The molecule has 6 heteroatoms. The first-order valence-electron chi connectivity index (χ1n) is 9.15. The lowest BCUT2D eigenvalue weighted by Gasteiger charge is -2.20. The fourth-order valence-electron chi connectivity index (χ4n) is 2.60. The number of nitrogens with zero attached hydrogens (tertiary/aromatic N) is 2. The van der Waals surface area contributed by atoms with Crippen molar-refractivity contribution in [2.75, 3.05) is 24.6 Å². The van der Waals surface area contributed by atoms with Gasteiger partial charge in [0.1, 0.15) is 5.75 Å². The summed E-state index contributed by atoms with van der Waals surface area (Å²) in [6.45, 7) is 8.20. The highest BCUT2D eigenvalue weighted by Crippen LogP contribution is 2.26. The second-order valence-corrected chi connectivity index (χ2v) is 6.82. The number of hydrogen-bond donors (Lipinski definition) is 1. The van der Waals surface area contributed by atoms with Crippen LogP contribution >= 0.6 is 15.9 Å². The first kappa shape index (κ1) is 21.0. The number of halogens is 1. The molecule has 1 amide bonds. The van der Waals surface area contributed by atoms with E-state index in [1.165, 1.54) is 11.3 Å². The number of nitrogens with one attached hydrogen (secondary N) is 1. The van der Waals surface area contributed by atoms with Crippen LogP contribution in [0.15, 0.2) is 52.0 Å². The lowest BCUT2D eigenvalue weighted by atomic mass is 10.2. The standard InChI is InChI=1S/C21H26BrN3O2/c1-4-16-9-12-20(19(22)13-16)27-15-21(26)24-23-14-17-7-10-18(11-8-17)25(5-2)6-3/h7-14H,4-6,15H2,1-3H3,(H,24,26). The maximum Gasteiger partial charge on any atom is 0.277 e. The van der Waals surface area contributed by atoms with E-state index in [0.29, 0.717) is 5.75 Å². The quantitative estimate of drug-likeness (QED) is 0.473. The van der Waals surface area contributed by atoms with Gasteiger partial charge in [0.15, 0.2) is 6.61 Å². The zero-order chi connectivity index (χ0) is 19.6. The summed E-state index contributed by atoms with van der Waals surface area (Å²) in [7, 11) is 0. The Hall–Kier alpha value is -2.34. The Kier molecular flexibility index (Phi) is 8.33. The number of rotatable bonds is 9. The zero-order valence-electron chi connectivity index (χ0n) is 16.0. The summed E-state index contributed by atoms with van der Waals surface area (Å²) in [5.74, 6) is 0.329. The van der Waals surface area contributed by atoms with Crippen molar-refractivity contribution in [3.8, 4) is 5.75 Å². The molecule has 0 atom stereocenters. The van der Waals surface area contributed by atoms with E-state index in [0.717, 1.165) is 29.5 Å². The molecule has 144 valence electrons. The number of hydrazone groups is 1. The third kappa shape index (κ3) is 6.40. The van der Waals surface area contributed by atoms with Crippen molar-refractivity contribution in [3.05, 3.63) is 58.1 Å². The van der Waals surface area contributed by atoms with Gasteiger partial charge in [-0.3, -0.25) is 4.79 Å². The number of ether oxygens (including phenoxy) is 1. The van der Waals surface area contributed by atoms with E-state index >= 15 is 0 Å². The maximum atomic E-state index is 11.9. The Balaban J connectivity index is 1.83. The fourth-order valence-corrected chi connectivity index (χ4v) is 3.14. The number of carbonyl (C=O) groups is 1. The van der Waals surface area contributed by atoms with Crippen molar-refractivity contribution in [1.29, 1.82) is 0 Å². The highest BCUT2D eigenvalue weighted by molar-refractivity contribution is 9.10. The highest BCUT2D eigenvalue weighted by atomic mass is 79.9. The molecule has 0 saturated carbocycles. The summed E-state index contributed by atoms with van der Waals surface area (Å²) >= 11 is 3.46. The molecule has 0 unspecified atom stereocenters. The van der Waals surface area contributed by atoms with Gasteiger partial charge in [-0.25, -0.2) is 5.43 Å². The van der Waals surface area contributed by atoms with Gasteiger partial charge in [0.2, 0.25) is 0 Å². The van der Waals surface area contributed by atoms with Crippen molar-refractivity contribution < 1.29 is 9.53 Å². The predicted molar refractivity (Wildman–Crippen MR) is 115 cm³/mol. The summed E-state index contributed by atoms with van der Waals surface area (Å²) in [4.78, 5) is 14.2. The van der Waals surface area contributed by atoms with Crippen LogP contribution in [0.1, 0.15) is 31.9 Å². The molecule has 0 heterocycles. The molecule has 0 spiro atoms. The van der Waals surface area contributed by atoms with Crippen LogP contribution in [0.25, 0.3) is 0 Å². The van der Waals surface area contributed by atoms with Crippen molar-refractivity contribution >= 4 is 33.7 Å². The van der Waals surface area contributed by atoms with Gasteiger partial charge in [-0.15, -0.1) is 0 Å². The Morgan fingerprint density at radius 2 is 1.85 bits per heavy atom. The molecule has 0 aliphatic heterocycles. The average molecular weight is 432 g/mol. The average Bonchev–Trinajstić information content (AvgIpc) is 2.69. The van der Waals surface area contributed by atoms with Gasteiger partial charge in [-0.05, 0) is 71.6 Å². The van der Waals surface area contributed by atoms with Gasteiger partial charge >= 0.3 is 0 Å². The predicted octanol–water partition coefficient (Wildman–Crippen LogP) is 4.39. The van der Waals surface area contributed by atoms with E-state index in [4.69, 9.17) is 4.74 Å². The van der Waals surface area contributed by atoms with Gasteiger partial charge in [0.25, 0.3) is 5.91 Å². The molecule has 0 aromatic heterocycles. The molecular formula is C21H26BrN3O2. The van der Waals surface area contributed by atoms with E-state index in [1.54, 1.807) is 6.21 Å². The van der Waals surface area contributed by atoms with Crippen molar-refractivity contribution in [1.82, 2.24) is 5.43 Å².